The minimum absolute atomic E-state index is 0.156. The highest BCUT2D eigenvalue weighted by Gasteiger charge is 2.17. The molecule has 0 aliphatic rings. The van der Waals surface area contributed by atoms with Gasteiger partial charge in [-0.05, 0) is 63.1 Å². The summed E-state index contributed by atoms with van der Waals surface area (Å²) < 4.78 is 7.78. The number of benzene rings is 2. The Morgan fingerprint density at radius 1 is 1.19 bits per heavy atom. The molecule has 0 saturated carbocycles. The third-order valence-corrected chi connectivity index (χ3v) is 5.58. The van der Waals surface area contributed by atoms with E-state index in [4.69, 9.17) is 4.74 Å². The molecule has 0 aliphatic heterocycles. The average molecular weight is 362 g/mol. The Balaban J connectivity index is 2.11. The van der Waals surface area contributed by atoms with Crippen molar-refractivity contribution in [2.45, 2.75) is 6.04 Å². The lowest BCUT2D eigenvalue weighted by Gasteiger charge is -2.17. The Hall–Kier alpha value is -1.36. The van der Waals surface area contributed by atoms with E-state index in [-0.39, 0.29) is 6.04 Å². The fourth-order valence-electron chi connectivity index (χ4n) is 2.59. The van der Waals surface area contributed by atoms with Crippen LogP contribution in [0.15, 0.2) is 52.3 Å². The highest BCUT2D eigenvalue weighted by molar-refractivity contribution is 9.10. The van der Waals surface area contributed by atoms with Crippen LogP contribution in [0.1, 0.15) is 17.2 Å². The van der Waals surface area contributed by atoms with Gasteiger partial charge in [0.1, 0.15) is 5.75 Å². The third-order valence-electron chi connectivity index (χ3n) is 3.61. The van der Waals surface area contributed by atoms with E-state index < -0.39 is 0 Å². The second kappa shape index (κ2) is 6.18. The lowest BCUT2D eigenvalue weighted by Crippen LogP contribution is -2.17. The van der Waals surface area contributed by atoms with Crippen LogP contribution >= 0.6 is 27.3 Å². The zero-order valence-corrected chi connectivity index (χ0v) is 14.3. The lowest BCUT2D eigenvalue weighted by molar-refractivity contribution is 0.414. The van der Waals surface area contributed by atoms with Gasteiger partial charge in [-0.15, -0.1) is 11.3 Å². The molecule has 1 heterocycles. The fourth-order valence-corrected chi connectivity index (χ4v) is 4.24. The molecular weight excluding hydrogens is 346 g/mol. The van der Waals surface area contributed by atoms with E-state index in [1.54, 1.807) is 18.4 Å². The molecule has 1 atom stereocenters. The van der Waals surface area contributed by atoms with E-state index in [1.165, 1.54) is 21.2 Å². The first-order valence-corrected chi connectivity index (χ1v) is 8.38. The van der Waals surface area contributed by atoms with Crippen molar-refractivity contribution in [2.75, 3.05) is 14.2 Å². The molecule has 0 radical (unpaired) electrons. The van der Waals surface area contributed by atoms with Crippen LogP contribution in [0.2, 0.25) is 0 Å². The summed E-state index contributed by atoms with van der Waals surface area (Å²) in [5, 5.41) is 6.94. The van der Waals surface area contributed by atoms with Crippen molar-refractivity contribution in [3.63, 3.8) is 0 Å². The second-order valence-electron chi connectivity index (χ2n) is 4.81. The van der Waals surface area contributed by atoms with Crippen molar-refractivity contribution < 1.29 is 4.74 Å². The van der Waals surface area contributed by atoms with Gasteiger partial charge in [-0.25, -0.2) is 0 Å². The van der Waals surface area contributed by atoms with Crippen LogP contribution in [0, 0.1) is 0 Å². The van der Waals surface area contributed by atoms with Gasteiger partial charge >= 0.3 is 0 Å². The lowest BCUT2D eigenvalue weighted by atomic mass is 9.98. The molecule has 3 rings (SSSR count). The first kappa shape index (κ1) is 14.6. The van der Waals surface area contributed by atoms with Gasteiger partial charge in [-0.3, -0.25) is 0 Å². The summed E-state index contributed by atoms with van der Waals surface area (Å²) in [6.45, 7) is 0. The molecule has 3 aromatic rings. The summed E-state index contributed by atoms with van der Waals surface area (Å²) in [7, 11) is 3.69. The van der Waals surface area contributed by atoms with Crippen LogP contribution in [0.4, 0.5) is 0 Å². The summed E-state index contributed by atoms with van der Waals surface area (Å²) in [6, 6.07) is 14.7. The summed E-state index contributed by atoms with van der Waals surface area (Å²) in [6.07, 6.45) is 0. The Morgan fingerprint density at radius 2 is 2.00 bits per heavy atom. The predicted octanol–water partition coefficient (Wildman–Crippen LogP) is 4.98. The SMILES string of the molecule is CNC(c1cccc(OC)c1)c1csc2c(Br)cccc12. The summed E-state index contributed by atoms with van der Waals surface area (Å²) >= 11 is 5.40. The maximum atomic E-state index is 5.34. The number of thiophene rings is 1. The Bertz CT molecular complexity index is 768. The van der Waals surface area contributed by atoms with Crippen LogP contribution in [-0.4, -0.2) is 14.2 Å². The van der Waals surface area contributed by atoms with E-state index in [0.29, 0.717) is 0 Å². The largest absolute Gasteiger partial charge is 0.497 e. The fraction of sp³-hybridized carbons (Fsp3) is 0.176. The standard InChI is InChI=1S/C17H16BrNOS/c1-19-16(11-5-3-6-12(9-11)20-2)14-10-21-17-13(14)7-4-8-15(17)18/h3-10,16,19H,1-2H3. The molecular formula is C17H16BrNOS. The molecule has 1 unspecified atom stereocenters. The maximum Gasteiger partial charge on any atom is 0.119 e. The van der Waals surface area contributed by atoms with Gasteiger partial charge in [-0.1, -0.05) is 24.3 Å². The van der Waals surface area contributed by atoms with E-state index in [9.17, 15) is 0 Å². The molecule has 0 bridgehead atoms. The zero-order chi connectivity index (χ0) is 14.8. The number of rotatable bonds is 4. The van der Waals surface area contributed by atoms with Gasteiger partial charge in [-0.2, -0.15) is 0 Å². The minimum Gasteiger partial charge on any atom is -0.497 e. The molecule has 0 saturated heterocycles. The Kier molecular flexibility index (Phi) is 4.29. The van der Waals surface area contributed by atoms with Crippen molar-refractivity contribution in [1.82, 2.24) is 5.32 Å². The van der Waals surface area contributed by atoms with Crippen molar-refractivity contribution in [3.8, 4) is 5.75 Å². The molecule has 0 spiro atoms. The van der Waals surface area contributed by atoms with Crippen molar-refractivity contribution >= 4 is 37.4 Å². The molecule has 21 heavy (non-hydrogen) atoms. The Morgan fingerprint density at radius 3 is 2.76 bits per heavy atom. The number of hydrogen-bond donors (Lipinski definition) is 1. The average Bonchev–Trinajstić information content (AvgIpc) is 2.94. The Labute approximate surface area is 136 Å². The smallest absolute Gasteiger partial charge is 0.119 e. The first-order valence-electron chi connectivity index (χ1n) is 6.71. The number of nitrogens with one attached hydrogen (secondary N) is 1. The molecule has 108 valence electrons. The van der Waals surface area contributed by atoms with E-state index in [2.05, 4.69) is 57.0 Å². The summed E-state index contributed by atoms with van der Waals surface area (Å²) in [4.78, 5) is 0. The normalized spacial score (nSPS) is 12.5. The topological polar surface area (TPSA) is 21.3 Å². The number of fused-ring (bicyclic) bond motifs is 1. The zero-order valence-electron chi connectivity index (χ0n) is 11.9. The first-order chi connectivity index (χ1) is 10.2. The van der Waals surface area contributed by atoms with Gasteiger partial charge in [0, 0.05) is 9.17 Å². The molecule has 1 N–H and O–H groups in total. The van der Waals surface area contributed by atoms with Crippen molar-refractivity contribution in [1.29, 1.82) is 0 Å². The number of methoxy groups -OCH3 is 1. The van der Waals surface area contributed by atoms with Gasteiger partial charge < -0.3 is 10.1 Å². The van der Waals surface area contributed by atoms with Crippen LogP contribution in [0.3, 0.4) is 0 Å². The van der Waals surface area contributed by atoms with Gasteiger partial charge in [0.15, 0.2) is 0 Å². The van der Waals surface area contributed by atoms with Crippen LogP contribution in [0.5, 0.6) is 5.75 Å². The quantitative estimate of drug-likeness (QED) is 0.707. The van der Waals surface area contributed by atoms with Crippen LogP contribution in [0.25, 0.3) is 10.1 Å². The molecule has 4 heteroatoms. The van der Waals surface area contributed by atoms with Crippen LogP contribution < -0.4 is 10.1 Å². The van der Waals surface area contributed by atoms with Crippen molar-refractivity contribution in [2.24, 2.45) is 0 Å². The monoisotopic (exact) mass is 361 g/mol. The second-order valence-corrected chi connectivity index (χ2v) is 6.54. The molecule has 0 fully saturated rings. The third kappa shape index (κ3) is 2.71. The number of ether oxygens (including phenoxy) is 1. The summed E-state index contributed by atoms with van der Waals surface area (Å²) in [5.74, 6) is 0.883. The maximum absolute atomic E-state index is 5.34. The minimum atomic E-state index is 0.156. The van der Waals surface area contributed by atoms with E-state index in [1.807, 2.05) is 19.2 Å². The molecule has 0 aliphatic carbocycles. The molecule has 0 amide bonds. The predicted molar refractivity (Wildman–Crippen MR) is 93.4 cm³/mol. The number of hydrogen-bond acceptors (Lipinski definition) is 3. The van der Waals surface area contributed by atoms with Gasteiger partial charge in [0.05, 0.1) is 13.2 Å². The van der Waals surface area contributed by atoms with Gasteiger partial charge in [0.25, 0.3) is 0 Å². The van der Waals surface area contributed by atoms with Gasteiger partial charge in [0.2, 0.25) is 0 Å². The molecule has 1 aromatic heterocycles. The van der Waals surface area contributed by atoms with Crippen molar-refractivity contribution in [3.05, 3.63) is 63.4 Å². The molecule has 2 nitrogen and oxygen atoms in total. The van der Waals surface area contributed by atoms with E-state index >= 15 is 0 Å². The highest BCUT2D eigenvalue weighted by atomic mass is 79.9. The summed E-state index contributed by atoms with van der Waals surface area (Å²) in [5.41, 5.74) is 2.50. The highest BCUT2D eigenvalue weighted by Crippen LogP contribution is 2.37. The van der Waals surface area contributed by atoms with E-state index in [0.717, 1.165) is 10.2 Å². The molecule has 2 aromatic carbocycles. The number of halogens is 1. The van der Waals surface area contributed by atoms with Crippen LogP contribution in [-0.2, 0) is 0 Å².